The quantitative estimate of drug-likeness (QED) is 0.475. The molecule has 3 rings (SSSR count). The number of hydrogen-bond acceptors (Lipinski definition) is 6. The normalized spacial score (nSPS) is 10.6. The summed E-state index contributed by atoms with van der Waals surface area (Å²) in [6.07, 6.45) is 0. The van der Waals surface area contributed by atoms with Crippen molar-refractivity contribution >= 4 is 11.8 Å². The number of methoxy groups -OCH3 is 1. The highest BCUT2D eigenvalue weighted by Gasteiger charge is 2.09. The van der Waals surface area contributed by atoms with E-state index in [1.54, 1.807) is 19.2 Å². The Kier molecular flexibility index (Phi) is 5.32. The van der Waals surface area contributed by atoms with Gasteiger partial charge in [-0.15, -0.1) is 10.2 Å². The average molecular weight is 346 g/mol. The Labute approximate surface area is 142 Å². The summed E-state index contributed by atoms with van der Waals surface area (Å²) in [6, 6.07) is 13.3. The van der Waals surface area contributed by atoms with Gasteiger partial charge in [-0.2, -0.15) is 0 Å². The fourth-order valence-corrected chi connectivity index (χ4v) is 2.52. The molecule has 0 N–H and O–H groups in total. The zero-order valence-corrected chi connectivity index (χ0v) is 13.8. The molecule has 7 heteroatoms. The summed E-state index contributed by atoms with van der Waals surface area (Å²) >= 11 is 1.40. The van der Waals surface area contributed by atoms with E-state index >= 15 is 0 Å². The van der Waals surface area contributed by atoms with Crippen LogP contribution in [0.5, 0.6) is 11.5 Å². The first-order chi connectivity index (χ1) is 11.7. The van der Waals surface area contributed by atoms with Gasteiger partial charge >= 0.3 is 0 Å². The lowest BCUT2D eigenvalue weighted by Gasteiger charge is -2.04. The highest BCUT2D eigenvalue weighted by molar-refractivity contribution is 7.99. The van der Waals surface area contributed by atoms with E-state index in [0.29, 0.717) is 29.2 Å². The second kappa shape index (κ2) is 7.83. The molecule has 0 atom stereocenters. The number of hydrogen-bond donors (Lipinski definition) is 0. The molecule has 1 aromatic heterocycles. The Bertz CT molecular complexity index is 775. The van der Waals surface area contributed by atoms with Crippen molar-refractivity contribution in [3.63, 3.8) is 0 Å². The summed E-state index contributed by atoms with van der Waals surface area (Å²) in [7, 11) is 1.62. The van der Waals surface area contributed by atoms with Gasteiger partial charge in [-0.25, -0.2) is 4.39 Å². The highest BCUT2D eigenvalue weighted by Crippen LogP contribution is 2.24. The lowest BCUT2D eigenvalue weighted by Crippen LogP contribution is -1.99. The Morgan fingerprint density at radius 3 is 2.42 bits per heavy atom. The average Bonchev–Trinajstić information content (AvgIpc) is 3.09. The molecule has 24 heavy (non-hydrogen) atoms. The fraction of sp³-hybridized carbons (Fsp3) is 0.176. The molecule has 0 bridgehead atoms. The Balaban J connectivity index is 1.49. The van der Waals surface area contributed by atoms with Crippen molar-refractivity contribution in [1.82, 2.24) is 10.2 Å². The molecule has 2 aromatic carbocycles. The van der Waals surface area contributed by atoms with E-state index in [4.69, 9.17) is 13.9 Å². The second-order valence-electron chi connectivity index (χ2n) is 4.75. The molecular formula is C17H15FN2O3S. The second-order valence-corrected chi connectivity index (χ2v) is 5.80. The standard InChI is InChI=1S/C17H15FN2O3S/c1-21-14-6-2-12(3-7-14)16-19-20-17(23-16)24-11-10-22-15-8-4-13(18)5-9-15/h2-9H,10-11H2,1H3. The predicted octanol–water partition coefficient (Wildman–Crippen LogP) is 4.06. The highest BCUT2D eigenvalue weighted by atomic mass is 32.2. The maximum absolute atomic E-state index is 12.8. The van der Waals surface area contributed by atoms with Gasteiger partial charge in [0.25, 0.3) is 5.22 Å². The Morgan fingerprint density at radius 1 is 1.00 bits per heavy atom. The number of aromatic nitrogens is 2. The number of halogens is 1. The molecule has 0 radical (unpaired) electrons. The van der Waals surface area contributed by atoms with Crippen LogP contribution in [0.1, 0.15) is 0 Å². The monoisotopic (exact) mass is 346 g/mol. The van der Waals surface area contributed by atoms with Crippen LogP contribution in [-0.4, -0.2) is 29.7 Å². The van der Waals surface area contributed by atoms with Crippen LogP contribution >= 0.6 is 11.8 Å². The third kappa shape index (κ3) is 4.26. The predicted molar refractivity (Wildman–Crippen MR) is 88.9 cm³/mol. The fourth-order valence-electron chi connectivity index (χ4n) is 1.94. The topological polar surface area (TPSA) is 57.4 Å². The largest absolute Gasteiger partial charge is 0.497 e. The maximum atomic E-state index is 12.8. The number of nitrogens with zero attached hydrogens (tertiary/aromatic N) is 2. The number of thioether (sulfide) groups is 1. The van der Waals surface area contributed by atoms with Crippen molar-refractivity contribution in [3.05, 3.63) is 54.3 Å². The van der Waals surface area contributed by atoms with E-state index in [1.807, 2.05) is 24.3 Å². The minimum Gasteiger partial charge on any atom is -0.497 e. The molecule has 0 unspecified atom stereocenters. The summed E-state index contributed by atoms with van der Waals surface area (Å²) in [5.74, 6) is 2.21. The van der Waals surface area contributed by atoms with Crippen molar-refractivity contribution in [3.8, 4) is 23.0 Å². The van der Waals surface area contributed by atoms with E-state index in [-0.39, 0.29) is 5.82 Å². The summed E-state index contributed by atoms with van der Waals surface area (Å²) in [5.41, 5.74) is 0.831. The molecule has 0 aliphatic heterocycles. The zero-order valence-electron chi connectivity index (χ0n) is 12.9. The lowest BCUT2D eigenvalue weighted by molar-refractivity contribution is 0.342. The van der Waals surface area contributed by atoms with Gasteiger partial charge in [-0.1, -0.05) is 11.8 Å². The first kappa shape index (κ1) is 16.3. The minimum atomic E-state index is -0.284. The van der Waals surface area contributed by atoms with E-state index < -0.39 is 0 Å². The lowest BCUT2D eigenvalue weighted by atomic mass is 10.2. The Hall–Kier alpha value is -2.54. The molecule has 0 aliphatic rings. The number of benzene rings is 2. The van der Waals surface area contributed by atoms with Crippen LogP contribution in [-0.2, 0) is 0 Å². The first-order valence-corrected chi connectivity index (χ1v) is 8.22. The van der Waals surface area contributed by atoms with Crippen LogP contribution in [0, 0.1) is 5.82 Å². The summed E-state index contributed by atoms with van der Waals surface area (Å²) in [6.45, 7) is 0.455. The van der Waals surface area contributed by atoms with Gasteiger partial charge in [0.1, 0.15) is 17.3 Å². The van der Waals surface area contributed by atoms with Crippen LogP contribution < -0.4 is 9.47 Å². The van der Waals surface area contributed by atoms with Gasteiger partial charge < -0.3 is 13.9 Å². The van der Waals surface area contributed by atoms with Gasteiger partial charge in [0.15, 0.2) is 0 Å². The summed E-state index contributed by atoms with van der Waals surface area (Å²) in [5, 5.41) is 8.50. The SMILES string of the molecule is COc1ccc(-c2nnc(SCCOc3ccc(F)cc3)o2)cc1. The van der Waals surface area contributed by atoms with Crippen LogP contribution in [0.3, 0.4) is 0 Å². The Morgan fingerprint density at radius 2 is 1.71 bits per heavy atom. The van der Waals surface area contributed by atoms with Crippen LogP contribution in [0.25, 0.3) is 11.5 Å². The van der Waals surface area contributed by atoms with E-state index in [0.717, 1.165) is 11.3 Å². The van der Waals surface area contributed by atoms with Crippen molar-refractivity contribution in [2.45, 2.75) is 5.22 Å². The molecular weight excluding hydrogens is 331 g/mol. The molecule has 0 spiro atoms. The molecule has 0 fully saturated rings. The first-order valence-electron chi connectivity index (χ1n) is 7.24. The molecule has 0 saturated carbocycles. The summed E-state index contributed by atoms with van der Waals surface area (Å²) < 4.78 is 29.0. The van der Waals surface area contributed by atoms with E-state index in [1.165, 1.54) is 23.9 Å². The van der Waals surface area contributed by atoms with Gasteiger partial charge in [-0.3, -0.25) is 0 Å². The molecule has 5 nitrogen and oxygen atoms in total. The van der Waals surface area contributed by atoms with Crippen molar-refractivity contribution in [2.75, 3.05) is 19.5 Å². The molecule has 0 aliphatic carbocycles. The molecule has 0 saturated heterocycles. The molecule has 3 aromatic rings. The van der Waals surface area contributed by atoms with Gasteiger partial charge in [0, 0.05) is 11.3 Å². The molecule has 1 heterocycles. The molecule has 0 amide bonds. The van der Waals surface area contributed by atoms with Gasteiger partial charge in [-0.05, 0) is 48.5 Å². The van der Waals surface area contributed by atoms with Gasteiger partial charge in [0.05, 0.1) is 13.7 Å². The van der Waals surface area contributed by atoms with Crippen LogP contribution in [0.4, 0.5) is 4.39 Å². The number of rotatable bonds is 7. The third-order valence-corrected chi connectivity index (χ3v) is 3.92. The van der Waals surface area contributed by atoms with Gasteiger partial charge in [0.2, 0.25) is 5.89 Å². The van der Waals surface area contributed by atoms with Crippen molar-refractivity contribution in [1.29, 1.82) is 0 Å². The number of ether oxygens (including phenoxy) is 2. The minimum absolute atomic E-state index is 0.284. The van der Waals surface area contributed by atoms with E-state index in [9.17, 15) is 4.39 Å². The van der Waals surface area contributed by atoms with Crippen molar-refractivity contribution < 1.29 is 18.3 Å². The third-order valence-electron chi connectivity index (χ3n) is 3.13. The molecule has 124 valence electrons. The zero-order chi connectivity index (χ0) is 16.8. The maximum Gasteiger partial charge on any atom is 0.276 e. The summed E-state index contributed by atoms with van der Waals surface area (Å²) in [4.78, 5) is 0. The van der Waals surface area contributed by atoms with Crippen molar-refractivity contribution in [2.24, 2.45) is 0 Å². The van der Waals surface area contributed by atoms with Crippen LogP contribution in [0.15, 0.2) is 58.2 Å². The van der Waals surface area contributed by atoms with Crippen LogP contribution in [0.2, 0.25) is 0 Å². The smallest absolute Gasteiger partial charge is 0.276 e. The van der Waals surface area contributed by atoms with E-state index in [2.05, 4.69) is 10.2 Å².